The number of nitrogens with zero attached hydrogens (tertiary/aromatic N) is 4. The van der Waals surface area contributed by atoms with Crippen LogP contribution in [0.25, 0.3) is 0 Å². The second-order valence-electron chi connectivity index (χ2n) is 7.08. The van der Waals surface area contributed by atoms with Crippen molar-refractivity contribution >= 4 is 11.7 Å². The monoisotopic (exact) mass is 341 g/mol. The molecule has 1 amide bonds. The summed E-state index contributed by atoms with van der Waals surface area (Å²) < 4.78 is 5.29. The fourth-order valence-corrected chi connectivity index (χ4v) is 3.39. The van der Waals surface area contributed by atoms with E-state index in [-0.39, 0.29) is 5.91 Å². The highest BCUT2D eigenvalue weighted by Crippen LogP contribution is 2.39. The average Bonchev–Trinajstić information content (AvgIpc) is 3.09. The van der Waals surface area contributed by atoms with Gasteiger partial charge < -0.3 is 9.84 Å². The second-order valence-corrected chi connectivity index (χ2v) is 7.08. The molecule has 2 aliphatic rings. The van der Waals surface area contributed by atoms with Crippen molar-refractivity contribution in [2.24, 2.45) is 0 Å². The van der Waals surface area contributed by atoms with Crippen molar-refractivity contribution in [3.63, 3.8) is 0 Å². The van der Waals surface area contributed by atoms with Crippen LogP contribution in [-0.2, 0) is 11.2 Å². The summed E-state index contributed by atoms with van der Waals surface area (Å²) in [4.78, 5) is 25.4. The van der Waals surface area contributed by atoms with E-state index in [0.29, 0.717) is 42.2 Å². The lowest BCUT2D eigenvalue weighted by atomic mass is 10.1. The first-order chi connectivity index (χ1) is 12.2. The lowest BCUT2D eigenvalue weighted by Gasteiger charge is -2.06. The van der Waals surface area contributed by atoms with Gasteiger partial charge in [-0.1, -0.05) is 18.0 Å². The minimum atomic E-state index is -0.0968. The zero-order chi connectivity index (χ0) is 17.2. The maximum atomic E-state index is 12.2. The highest BCUT2D eigenvalue weighted by molar-refractivity contribution is 5.89. The Kier molecular flexibility index (Phi) is 4.46. The molecular weight excluding hydrogens is 318 g/mol. The molecule has 7 heteroatoms. The first kappa shape index (κ1) is 16.2. The van der Waals surface area contributed by atoms with Crippen molar-refractivity contribution < 1.29 is 9.32 Å². The second kappa shape index (κ2) is 6.90. The molecule has 4 rings (SSSR count). The van der Waals surface area contributed by atoms with E-state index in [1.165, 1.54) is 25.7 Å². The fraction of sp³-hybridized carbons (Fsp3) is 0.611. The van der Waals surface area contributed by atoms with Gasteiger partial charge in [0.15, 0.2) is 5.82 Å². The standard InChI is InChI=1S/C18H23N5O2/c1-11-19-14(12-6-7-12)10-15(20-11)21-16(24)8-9-17-22-18(23-25-17)13-4-2-3-5-13/h10,12-13H,2-9H2,1H3,(H,19,20,21,24). The van der Waals surface area contributed by atoms with Crippen molar-refractivity contribution in [2.45, 2.75) is 70.1 Å². The Morgan fingerprint density at radius 3 is 2.72 bits per heavy atom. The molecule has 2 heterocycles. The largest absolute Gasteiger partial charge is 0.339 e. The molecule has 0 unspecified atom stereocenters. The number of carbonyl (C=O) groups excluding carboxylic acids is 1. The molecule has 0 bridgehead atoms. The summed E-state index contributed by atoms with van der Waals surface area (Å²) in [5, 5.41) is 6.93. The van der Waals surface area contributed by atoms with Crippen molar-refractivity contribution in [3.8, 4) is 0 Å². The fourth-order valence-electron chi connectivity index (χ4n) is 3.39. The van der Waals surface area contributed by atoms with E-state index in [4.69, 9.17) is 4.52 Å². The number of hydrogen-bond donors (Lipinski definition) is 1. The number of rotatable bonds is 6. The third kappa shape index (κ3) is 4.03. The Balaban J connectivity index is 1.32. The summed E-state index contributed by atoms with van der Waals surface area (Å²) >= 11 is 0. The summed E-state index contributed by atoms with van der Waals surface area (Å²) in [6.07, 6.45) is 7.83. The minimum absolute atomic E-state index is 0.0968. The molecule has 0 aromatic carbocycles. The van der Waals surface area contributed by atoms with Gasteiger partial charge in [0.05, 0.1) is 0 Å². The number of carbonyl (C=O) groups is 1. The van der Waals surface area contributed by atoms with Crippen LogP contribution >= 0.6 is 0 Å². The third-order valence-electron chi connectivity index (χ3n) is 4.89. The van der Waals surface area contributed by atoms with Crippen molar-refractivity contribution in [3.05, 3.63) is 29.3 Å². The van der Waals surface area contributed by atoms with Gasteiger partial charge in [0, 0.05) is 36.4 Å². The normalized spacial score (nSPS) is 17.8. The number of hydrogen-bond acceptors (Lipinski definition) is 6. The zero-order valence-electron chi connectivity index (χ0n) is 14.5. The molecule has 2 aromatic heterocycles. The molecular formula is C18H23N5O2. The van der Waals surface area contributed by atoms with E-state index >= 15 is 0 Å². The van der Waals surface area contributed by atoms with Gasteiger partial charge in [-0.25, -0.2) is 9.97 Å². The lowest BCUT2D eigenvalue weighted by Crippen LogP contribution is -2.14. The Morgan fingerprint density at radius 1 is 1.16 bits per heavy atom. The molecule has 2 aliphatic carbocycles. The highest BCUT2D eigenvalue weighted by Gasteiger charge is 2.26. The lowest BCUT2D eigenvalue weighted by molar-refractivity contribution is -0.116. The van der Waals surface area contributed by atoms with Gasteiger partial charge in [-0.15, -0.1) is 0 Å². The SMILES string of the molecule is Cc1nc(NC(=O)CCc2nc(C3CCCC3)no2)cc(C2CC2)n1. The maximum absolute atomic E-state index is 12.2. The third-order valence-corrected chi connectivity index (χ3v) is 4.89. The first-order valence-corrected chi connectivity index (χ1v) is 9.15. The highest BCUT2D eigenvalue weighted by atomic mass is 16.5. The number of nitrogens with one attached hydrogen (secondary N) is 1. The topological polar surface area (TPSA) is 93.8 Å². The Morgan fingerprint density at radius 2 is 1.96 bits per heavy atom. The van der Waals surface area contributed by atoms with Crippen LogP contribution in [0, 0.1) is 6.92 Å². The van der Waals surface area contributed by atoms with Crippen LogP contribution < -0.4 is 5.32 Å². The Labute approximate surface area is 146 Å². The summed E-state index contributed by atoms with van der Waals surface area (Å²) in [5.74, 6) is 3.47. The molecule has 7 nitrogen and oxygen atoms in total. The van der Waals surface area contributed by atoms with Crippen LogP contribution in [0.4, 0.5) is 5.82 Å². The average molecular weight is 341 g/mol. The van der Waals surface area contributed by atoms with Gasteiger partial charge in [0.25, 0.3) is 0 Å². The van der Waals surface area contributed by atoms with E-state index < -0.39 is 0 Å². The van der Waals surface area contributed by atoms with Crippen LogP contribution in [0.5, 0.6) is 0 Å². The van der Waals surface area contributed by atoms with Crippen LogP contribution in [0.1, 0.15) is 80.0 Å². The van der Waals surface area contributed by atoms with Gasteiger partial charge in [-0.05, 0) is 32.6 Å². The van der Waals surface area contributed by atoms with Crippen LogP contribution in [0.2, 0.25) is 0 Å². The van der Waals surface area contributed by atoms with Crippen molar-refractivity contribution in [1.29, 1.82) is 0 Å². The van der Waals surface area contributed by atoms with E-state index in [2.05, 4.69) is 25.4 Å². The number of amides is 1. The predicted molar refractivity (Wildman–Crippen MR) is 91.2 cm³/mol. The molecule has 2 saturated carbocycles. The molecule has 0 radical (unpaired) electrons. The smallest absolute Gasteiger partial charge is 0.227 e. The number of aryl methyl sites for hydroxylation is 2. The van der Waals surface area contributed by atoms with Crippen LogP contribution in [-0.4, -0.2) is 26.0 Å². The van der Waals surface area contributed by atoms with Gasteiger partial charge >= 0.3 is 0 Å². The van der Waals surface area contributed by atoms with E-state index in [1.807, 2.05) is 13.0 Å². The number of anilines is 1. The molecule has 0 atom stereocenters. The zero-order valence-corrected chi connectivity index (χ0v) is 14.5. The Hall–Kier alpha value is -2.31. The van der Waals surface area contributed by atoms with Gasteiger partial charge in [0.1, 0.15) is 11.6 Å². The van der Waals surface area contributed by atoms with Crippen LogP contribution in [0.15, 0.2) is 10.6 Å². The maximum Gasteiger partial charge on any atom is 0.227 e. The molecule has 2 fully saturated rings. The molecule has 0 saturated heterocycles. The number of aromatic nitrogens is 4. The minimum Gasteiger partial charge on any atom is -0.339 e. The summed E-state index contributed by atoms with van der Waals surface area (Å²) in [7, 11) is 0. The Bertz CT molecular complexity index is 763. The predicted octanol–water partition coefficient (Wildman–Crippen LogP) is 3.27. The molecule has 0 spiro atoms. The van der Waals surface area contributed by atoms with Crippen molar-refractivity contribution in [2.75, 3.05) is 5.32 Å². The molecule has 2 aromatic rings. The quantitative estimate of drug-likeness (QED) is 0.866. The molecule has 0 aliphatic heterocycles. The first-order valence-electron chi connectivity index (χ1n) is 9.15. The molecule has 1 N–H and O–H groups in total. The van der Waals surface area contributed by atoms with Gasteiger partial charge in [-0.2, -0.15) is 4.98 Å². The van der Waals surface area contributed by atoms with Gasteiger partial charge in [0.2, 0.25) is 11.8 Å². The molecule has 25 heavy (non-hydrogen) atoms. The van der Waals surface area contributed by atoms with Crippen LogP contribution in [0.3, 0.4) is 0 Å². The summed E-state index contributed by atoms with van der Waals surface area (Å²) in [5.41, 5.74) is 1.03. The molecule has 132 valence electrons. The van der Waals surface area contributed by atoms with E-state index in [9.17, 15) is 4.79 Å². The van der Waals surface area contributed by atoms with E-state index in [0.717, 1.165) is 24.4 Å². The van der Waals surface area contributed by atoms with Crippen molar-refractivity contribution in [1.82, 2.24) is 20.1 Å². The van der Waals surface area contributed by atoms with E-state index in [1.54, 1.807) is 0 Å². The summed E-state index contributed by atoms with van der Waals surface area (Å²) in [6.45, 7) is 1.85. The summed E-state index contributed by atoms with van der Waals surface area (Å²) in [6, 6.07) is 1.88. The van der Waals surface area contributed by atoms with Gasteiger partial charge in [-0.3, -0.25) is 4.79 Å².